The Morgan fingerprint density at radius 1 is 1.23 bits per heavy atom. The van der Waals surface area contributed by atoms with Crippen LogP contribution in [0.25, 0.3) is 0 Å². The molecule has 0 atom stereocenters. The van der Waals surface area contributed by atoms with Gasteiger partial charge in [-0.1, -0.05) is 17.7 Å². The third kappa shape index (κ3) is 3.72. The molecule has 0 N–H and O–H groups in total. The van der Waals surface area contributed by atoms with Gasteiger partial charge >= 0.3 is 0 Å². The van der Waals surface area contributed by atoms with E-state index in [0.717, 1.165) is 12.0 Å². The number of nitro groups is 1. The van der Waals surface area contributed by atoms with Crippen LogP contribution in [0.1, 0.15) is 28.8 Å². The first-order chi connectivity index (χ1) is 12.5. The summed E-state index contributed by atoms with van der Waals surface area (Å²) in [6.45, 7) is 2.63. The molecule has 3 rings (SSSR count). The number of rotatable bonds is 5. The van der Waals surface area contributed by atoms with E-state index in [9.17, 15) is 19.7 Å². The molecule has 0 saturated carbocycles. The molecule has 1 heterocycles. The van der Waals surface area contributed by atoms with E-state index in [1.807, 2.05) is 13.0 Å². The van der Waals surface area contributed by atoms with Gasteiger partial charge in [0.2, 0.25) is 5.91 Å². The van der Waals surface area contributed by atoms with Gasteiger partial charge in [-0.25, -0.2) is 0 Å². The van der Waals surface area contributed by atoms with Crippen molar-refractivity contribution in [3.63, 3.8) is 0 Å². The van der Waals surface area contributed by atoms with Crippen LogP contribution in [0.5, 0.6) is 0 Å². The van der Waals surface area contributed by atoms with Crippen LogP contribution >= 0.6 is 0 Å². The molecule has 7 nitrogen and oxygen atoms in total. The summed E-state index contributed by atoms with van der Waals surface area (Å²) in [5.41, 5.74) is 1.93. The van der Waals surface area contributed by atoms with Crippen LogP contribution in [0.3, 0.4) is 0 Å². The van der Waals surface area contributed by atoms with Crippen molar-refractivity contribution >= 4 is 23.2 Å². The number of nitro benzene ring substituents is 1. The molecular formula is C19H19N3O4. The predicted molar refractivity (Wildman–Crippen MR) is 96.9 cm³/mol. The second kappa shape index (κ2) is 7.35. The fraction of sp³-hybridized carbons (Fsp3) is 0.263. The number of likely N-dealkylation sites (tertiary alicyclic amines) is 1. The molecule has 1 saturated heterocycles. The lowest BCUT2D eigenvalue weighted by atomic mass is 10.1. The van der Waals surface area contributed by atoms with Gasteiger partial charge in [0, 0.05) is 36.3 Å². The molecule has 1 aliphatic rings. The summed E-state index contributed by atoms with van der Waals surface area (Å²) in [6, 6.07) is 13.0. The Balaban J connectivity index is 1.94. The Morgan fingerprint density at radius 3 is 2.54 bits per heavy atom. The van der Waals surface area contributed by atoms with Crippen molar-refractivity contribution < 1.29 is 14.5 Å². The highest BCUT2D eigenvalue weighted by Gasteiger charge is 2.26. The van der Waals surface area contributed by atoms with Crippen LogP contribution in [-0.2, 0) is 4.79 Å². The average molecular weight is 353 g/mol. The molecule has 0 aromatic heterocycles. The largest absolute Gasteiger partial charge is 0.324 e. The predicted octanol–water partition coefficient (Wildman–Crippen LogP) is 3.13. The third-order valence-electron chi connectivity index (χ3n) is 4.37. The molecule has 0 spiro atoms. The molecule has 0 aliphatic carbocycles. The lowest BCUT2D eigenvalue weighted by Gasteiger charge is -2.28. The topological polar surface area (TPSA) is 83.8 Å². The molecule has 1 aliphatic heterocycles. The van der Waals surface area contributed by atoms with Gasteiger partial charge in [-0.05, 0) is 37.6 Å². The van der Waals surface area contributed by atoms with E-state index in [0.29, 0.717) is 24.2 Å². The third-order valence-corrected chi connectivity index (χ3v) is 4.37. The smallest absolute Gasteiger partial charge is 0.269 e. The van der Waals surface area contributed by atoms with Crippen molar-refractivity contribution in [1.82, 2.24) is 4.90 Å². The summed E-state index contributed by atoms with van der Waals surface area (Å²) in [4.78, 5) is 38.6. The van der Waals surface area contributed by atoms with E-state index in [4.69, 9.17) is 0 Å². The van der Waals surface area contributed by atoms with Gasteiger partial charge in [-0.2, -0.15) is 0 Å². The lowest BCUT2D eigenvalue weighted by Crippen LogP contribution is -2.42. The van der Waals surface area contributed by atoms with Crippen molar-refractivity contribution in [3.8, 4) is 0 Å². The van der Waals surface area contributed by atoms with Gasteiger partial charge in [-0.15, -0.1) is 0 Å². The van der Waals surface area contributed by atoms with Crippen LogP contribution in [-0.4, -0.2) is 34.9 Å². The first-order valence-electron chi connectivity index (χ1n) is 8.36. The van der Waals surface area contributed by atoms with Gasteiger partial charge in [0.25, 0.3) is 11.6 Å². The summed E-state index contributed by atoms with van der Waals surface area (Å²) in [6.07, 6.45) is 1.25. The molecule has 0 radical (unpaired) electrons. The number of aryl methyl sites for hydroxylation is 1. The Bertz CT molecular complexity index is 848. The Kier molecular flexibility index (Phi) is 4.97. The number of carbonyl (C=O) groups is 2. The number of anilines is 1. The number of hydrogen-bond donors (Lipinski definition) is 0. The Morgan fingerprint density at radius 2 is 1.96 bits per heavy atom. The summed E-state index contributed by atoms with van der Waals surface area (Å²) in [5, 5.41) is 10.9. The van der Waals surface area contributed by atoms with E-state index in [1.54, 1.807) is 23.1 Å². The zero-order valence-electron chi connectivity index (χ0n) is 14.4. The monoisotopic (exact) mass is 353 g/mol. The highest BCUT2D eigenvalue weighted by atomic mass is 16.6. The standard InChI is InChI=1S/C19H19N3O4/c1-14-4-2-5-15(12-14)19(24)21(13-20-11-3-6-18(20)23)16-7-9-17(10-8-16)22(25)26/h2,4-5,7-10,12H,3,6,11,13H2,1H3. The molecule has 26 heavy (non-hydrogen) atoms. The minimum absolute atomic E-state index is 0.00829. The summed E-state index contributed by atoms with van der Waals surface area (Å²) in [7, 11) is 0. The van der Waals surface area contributed by atoms with E-state index in [-0.39, 0.29) is 24.2 Å². The maximum Gasteiger partial charge on any atom is 0.269 e. The molecule has 2 amide bonds. The Hall–Kier alpha value is -3.22. The van der Waals surface area contributed by atoms with Gasteiger partial charge in [0.15, 0.2) is 0 Å². The highest BCUT2D eigenvalue weighted by Crippen LogP contribution is 2.23. The molecule has 2 aromatic rings. The average Bonchev–Trinajstić information content (AvgIpc) is 3.04. The van der Waals surface area contributed by atoms with E-state index in [1.165, 1.54) is 29.2 Å². The molecule has 2 aromatic carbocycles. The minimum atomic E-state index is -0.486. The molecule has 0 unspecified atom stereocenters. The fourth-order valence-electron chi connectivity index (χ4n) is 2.98. The van der Waals surface area contributed by atoms with Crippen molar-refractivity contribution in [1.29, 1.82) is 0 Å². The van der Waals surface area contributed by atoms with Gasteiger partial charge in [0.05, 0.1) is 4.92 Å². The SMILES string of the molecule is Cc1cccc(C(=O)N(CN2CCCC2=O)c2ccc([N+](=O)[O-])cc2)c1. The van der Waals surface area contributed by atoms with Crippen molar-refractivity contribution in [2.45, 2.75) is 19.8 Å². The second-order valence-corrected chi connectivity index (χ2v) is 6.28. The van der Waals surface area contributed by atoms with E-state index in [2.05, 4.69) is 0 Å². The van der Waals surface area contributed by atoms with Crippen LogP contribution < -0.4 is 4.90 Å². The second-order valence-electron chi connectivity index (χ2n) is 6.28. The first kappa shape index (κ1) is 17.6. The number of non-ortho nitro benzene ring substituents is 1. The van der Waals surface area contributed by atoms with Gasteiger partial charge in [0.1, 0.15) is 6.67 Å². The maximum absolute atomic E-state index is 13.1. The minimum Gasteiger partial charge on any atom is -0.324 e. The molecule has 134 valence electrons. The maximum atomic E-state index is 13.1. The fourth-order valence-corrected chi connectivity index (χ4v) is 2.98. The summed E-state index contributed by atoms with van der Waals surface area (Å²) in [5.74, 6) is -0.240. The van der Waals surface area contributed by atoms with E-state index < -0.39 is 4.92 Å². The number of benzene rings is 2. The van der Waals surface area contributed by atoms with Gasteiger partial charge < -0.3 is 4.90 Å². The number of hydrogen-bond acceptors (Lipinski definition) is 4. The molecule has 1 fully saturated rings. The highest BCUT2D eigenvalue weighted by molar-refractivity contribution is 6.06. The molecule has 0 bridgehead atoms. The van der Waals surface area contributed by atoms with Crippen LogP contribution in [0.15, 0.2) is 48.5 Å². The number of nitrogens with zero attached hydrogens (tertiary/aromatic N) is 3. The Labute approximate surface area is 151 Å². The quantitative estimate of drug-likeness (QED) is 0.611. The van der Waals surface area contributed by atoms with Crippen LogP contribution in [0, 0.1) is 17.0 Å². The summed E-state index contributed by atoms with van der Waals surface area (Å²) < 4.78 is 0. The van der Waals surface area contributed by atoms with Crippen molar-refractivity contribution in [2.24, 2.45) is 0 Å². The summed E-state index contributed by atoms with van der Waals surface area (Å²) >= 11 is 0. The zero-order valence-corrected chi connectivity index (χ0v) is 14.4. The van der Waals surface area contributed by atoms with E-state index >= 15 is 0 Å². The number of carbonyl (C=O) groups excluding carboxylic acids is 2. The first-order valence-corrected chi connectivity index (χ1v) is 8.36. The van der Waals surface area contributed by atoms with Gasteiger partial charge in [-0.3, -0.25) is 24.6 Å². The van der Waals surface area contributed by atoms with Crippen molar-refractivity contribution in [3.05, 3.63) is 69.8 Å². The number of amides is 2. The molecular weight excluding hydrogens is 334 g/mol. The van der Waals surface area contributed by atoms with Crippen molar-refractivity contribution in [2.75, 3.05) is 18.1 Å². The van der Waals surface area contributed by atoms with Crippen LogP contribution in [0.4, 0.5) is 11.4 Å². The molecule has 7 heteroatoms. The lowest BCUT2D eigenvalue weighted by molar-refractivity contribution is -0.384. The zero-order chi connectivity index (χ0) is 18.7. The normalized spacial score (nSPS) is 13.7. The van der Waals surface area contributed by atoms with Crippen LogP contribution in [0.2, 0.25) is 0 Å².